The van der Waals surface area contributed by atoms with Gasteiger partial charge in [-0.25, -0.2) is 0 Å². The van der Waals surface area contributed by atoms with Crippen molar-refractivity contribution in [2.24, 2.45) is 28.1 Å². The van der Waals surface area contributed by atoms with Gasteiger partial charge in [0.05, 0.1) is 10.8 Å². The second-order valence-electron chi connectivity index (χ2n) is 16.5. The number of carboxylic acids is 1. The van der Waals surface area contributed by atoms with Crippen LogP contribution in [0.15, 0.2) is 46.5 Å². The fraction of sp³-hybridized carbons (Fsp3) is 0.571. The fourth-order valence-electron chi connectivity index (χ4n) is 9.68. The number of aromatic hydroxyl groups is 2. The van der Waals surface area contributed by atoms with Crippen molar-refractivity contribution in [1.82, 2.24) is 0 Å². The van der Waals surface area contributed by atoms with Gasteiger partial charge < -0.3 is 30.3 Å². The van der Waals surface area contributed by atoms with E-state index in [1.54, 1.807) is 6.92 Å². The highest BCUT2D eigenvalue weighted by Gasteiger charge is 2.57. The summed E-state index contributed by atoms with van der Waals surface area (Å²) in [4.78, 5) is 51.4. The van der Waals surface area contributed by atoms with Gasteiger partial charge in [-0.2, -0.15) is 0 Å². The van der Waals surface area contributed by atoms with Crippen LogP contribution in [0.3, 0.4) is 0 Å². The van der Waals surface area contributed by atoms with E-state index in [0.717, 1.165) is 43.8 Å². The molecule has 0 amide bonds. The first kappa shape index (κ1) is 38.9. The van der Waals surface area contributed by atoms with Crippen molar-refractivity contribution in [3.05, 3.63) is 63.2 Å². The number of allylic oxidation sites excluding steroid dienone is 5. The second-order valence-corrected chi connectivity index (χ2v) is 16.5. The summed E-state index contributed by atoms with van der Waals surface area (Å²) < 4.78 is 6.57. The summed E-state index contributed by atoms with van der Waals surface area (Å²) in [5.74, 6) is -4.58. The summed E-state index contributed by atoms with van der Waals surface area (Å²) in [6, 6.07) is 0. The van der Waals surface area contributed by atoms with Gasteiger partial charge >= 0.3 is 5.97 Å². The van der Waals surface area contributed by atoms with E-state index in [-0.39, 0.29) is 51.9 Å². The molecule has 5 atom stereocenters. The minimum atomic E-state index is -1.56. The van der Waals surface area contributed by atoms with Crippen LogP contribution in [0.4, 0.5) is 0 Å². The largest absolute Gasteiger partial charge is 0.511 e. The molecule has 0 aromatic heterocycles. The van der Waals surface area contributed by atoms with Crippen LogP contribution < -0.4 is 4.74 Å². The molecule has 0 bridgehead atoms. The van der Waals surface area contributed by atoms with Crippen molar-refractivity contribution >= 4 is 23.3 Å². The summed E-state index contributed by atoms with van der Waals surface area (Å²) in [7, 11) is 0. The first-order valence-electron chi connectivity index (χ1n) is 18.5. The Bertz CT molecular complexity index is 1840. The number of carbonyl (C=O) groups excluding carboxylic acids is 3. The number of fused-ring (bicyclic) bond motifs is 2. The SMILES string of the molecule is C=C1CC[C@H]2[C@@](C)(CCC[C@]2(C)C(=O)O)[C@@H]1C/C=C(\C)[C@@H]1CCc2c(O)c(C(=O)CCC)c(O)c(CC3=C(O)C(C)(C)C(=O)C(C(C)=O)=C3O)c2O1. The molecule has 3 aliphatic carbocycles. The number of aliphatic hydroxyl groups excluding tert-OH is 2. The number of benzene rings is 1. The van der Waals surface area contributed by atoms with Crippen molar-refractivity contribution in [1.29, 1.82) is 0 Å². The first-order valence-corrected chi connectivity index (χ1v) is 18.5. The van der Waals surface area contributed by atoms with Gasteiger partial charge in [0.2, 0.25) is 0 Å². The van der Waals surface area contributed by atoms with Crippen LogP contribution in [0.1, 0.15) is 128 Å². The number of ketones is 3. The van der Waals surface area contributed by atoms with E-state index in [2.05, 4.69) is 19.6 Å². The zero-order valence-corrected chi connectivity index (χ0v) is 31.6. The van der Waals surface area contributed by atoms with Crippen molar-refractivity contribution < 1.29 is 49.4 Å². The van der Waals surface area contributed by atoms with Crippen molar-refractivity contribution in [3.8, 4) is 17.2 Å². The molecule has 282 valence electrons. The van der Waals surface area contributed by atoms with Crippen molar-refractivity contribution in [2.75, 3.05) is 0 Å². The Labute approximate surface area is 306 Å². The maximum absolute atomic E-state index is 13.3. The Morgan fingerprint density at radius 1 is 0.981 bits per heavy atom. The topological polar surface area (TPSA) is 179 Å². The van der Waals surface area contributed by atoms with Gasteiger partial charge in [-0.05, 0) is 109 Å². The number of hydrogen-bond acceptors (Lipinski definition) is 9. The lowest BCUT2D eigenvalue weighted by atomic mass is 9.46. The van der Waals surface area contributed by atoms with Gasteiger partial charge in [0.25, 0.3) is 0 Å². The second kappa shape index (κ2) is 13.9. The van der Waals surface area contributed by atoms with E-state index < -0.39 is 69.5 Å². The summed E-state index contributed by atoms with van der Waals surface area (Å²) in [5, 5.41) is 55.8. The standard InChI is InChI=1S/C42H54O10/c1-9-11-28(44)32-33(45)24-14-16-29(22(3)12-15-27-21(2)13-17-30-41(27,7)18-10-19-42(30,8)39(50)51)52-36(24)25(34(32)46)20-26-35(47)31(23(4)43)38(49)40(5,6)37(26)48/h12,27,29-30,45-48H,2,9-11,13-20H2,1,3-8H3,(H,50,51)/b22-12+/t27-,29+,30+,41+,42+/m1/s1. The number of ether oxygens (including phenoxy) is 1. The maximum atomic E-state index is 13.3. The van der Waals surface area contributed by atoms with Crippen molar-refractivity contribution in [2.45, 2.75) is 125 Å². The van der Waals surface area contributed by atoms with Crippen LogP contribution >= 0.6 is 0 Å². The molecular formula is C42H54O10. The smallest absolute Gasteiger partial charge is 0.309 e. The Balaban J connectivity index is 1.55. The number of phenolic OH excluding ortho intramolecular Hbond substituents is 2. The molecule has 2 fully saturated rings. The van der Waals surface area contributed by atoms with Crippen LogP contribution in [0.5, 0.6) is 17.2 Å². The predicted molar refractivity (Wildman–Crippen MR) is 196 cm³/mol. The molecule has 0 spiro atoms. The number of carbonyl (C=O) groups is 4. The fourth-order valence-corrected chi connectivity index (χ4v) is 9.68. The minimum Gasteiger partial charge on any atom is -0.511 e. The third-order valence-corrected chi connectivity index (χ3v) is 12.9. The van der Waals surface area contributed by atoms with E-state index in [1.807, 2.05) is 13.8 Å². The molecule has 10 heteroatoms. The summed E-state index contributed by atoms with van der Waals surface area (Å²) in [6.45, 7) is 16.3. The molecule has 0 radical (unpaired) electrons. The average molecular weight is 719 g/mol. The molecule has 5 N–H and O–H groups in total. The highest BCUT2D eigenvalue weighted by atomic mass is 16.5. The van der Waals surface area contributed by atoms with E-state index in [9.17, 15) is 44.7 Å². The summed E-state index contributed by atoms with van der Waals surface area (Å²) >= 11 is 0. The number of rotatable bonds is 10. The lowest BCUT2D eigenvalue weighted by Crippen LogP contribution is -2.53. The lowest BCUT2D eigenvalue weighted by molar-refractivity contribution is -0.164. The monoisotopic (exact) mass is 718 g/mol. The third kappa shape index (κ3) is 6.15. The van der Waals surface area contributed by atoms with Gasteiger partial charge in [-0.15, -0.1) is 0 Å². The molecular weight excluding hydrogens is 664 g/mol. The predicted octanol–water partition coefficient (Wildman–Crippen LogP) is 8.34. The number of aliphatic hydroxyl groups is 2. The molecule has 1 aromatic carbocycles. The van der Waals surface area contributed by atoms with E-state index >= 15 is 0 Å². The van der Waals surface area contributed by atoms with E-state index in [1.165, 1.54) is 13.8 Å². The molecule has 0 saturated heterocycles. The number of Topliss-reactive ketones (excluding diaryl/α,β-unsaturated/α-hetero) is 3. The Morgan fingerprint density at radius 3 is 2.27 bits per heavy atom. The van der Waals surface area contributed by atoms with Crippen LogP contribution in [0, 0.1) is 28.1 Å². The minimum absolute atomic E-state index is 0.0196. The van der Waals surface area contributed by atoms with E-state index in [0.29, 0.717) is 37.7 Å². The molecule has 4 aliphatic rings. The van der Waals surface area contributed by atoms with Crippen LogP contribution in [-0.4, -0.2) is 55.0 Å². The Kier molecular flexibility index (Phi) is 10.4. The average Bonchev–Trinajstić information content (AvgIpc) is 3.06. The summed E-state index contributed by atoms with van der Waals surface area (Å²) in [6.07, 6.45) is 7.10. The zero-order chi connectivity index (χ0) is 38.7. The number of phenols is 2. The molecule has 1 heterocycles. The normalized spacial score (nSPS) is 29.0. The molecule has 2 saturated carbocycles. The third-order valence-electron chi connectivity index (χ3n) is 12.9. The van der Waals surface area contributed by atoms with Gasteiger partial charge in [-0.3, -0.25) is 19.2 Å². The number of hydrogen-bond donors (Lipinski definition) is 5. The highest BCUT2D eigenvalue weighted by Crippen LogP contribution is 2.62. The molecule has 1 aliphatic heterocycles. The van der Waals surface area contributed by atoms with Crippen LogP contribution in [-0.2, 0) is 27.2 Å². The lowest BCUT2D eigenvalue weighted by Gasteiger charge is -2.57. The molecule has 0 unspecified atom stereocenters. The van der Waals surface area contributed by atoms with Crippen LogP contribution in [0.25, 0.3) is 0 Å². The Morgan fingerprint density at radius 2 is 1.65 bits per heavy atom. The molecule has 52 heavy (non-hydrogen) atoms. The summed E-state index contributed by atoms with van der Waals surface area (Å²) in [5.41, 5.74) is -1.12. The van der Waals surface area contributed by atoms with E-state index in [4.69, 9.17) is 4.74 Å². The van der Waals surface area contributed by atoms with Crippen LogP contribution in [0.2, 0.25) is 0 Å². The molecule has 5 rings (SSSR count). The van der Waals surface area contributed by atoms with Gasteiger partial charge in [-0.1, -0.05) is 38.5 Å². The maximum Gasteiger partial charge on any atom is 0.309 e. The van der Waals surface area contributed by atoms with Gasteiger partial charge in [0.15, 0.2) is 17.3 Å². The number of aliphatic carboxylic acids is 1. The molecule has 10 nitrogen and oxygen atoms in total. The quantitative estimate of drug-likeness (QED) is 0.0897. The number of carboxylic acid groups (broad SMARTS) is 1. The zero-order valence-electron chi connectivity index (χ0n) is 31.6. The van der Waals surface area contributed by atoms with Gasteiger partial charge in [0.1, 0.15) is 46.0 Å². The highest BCUT2D eigenvalue weighted by molar-refractivity contribution is 6.23. The van der Waals surface area contributed by atoms with Gasteiger partial charge in [0, 0.05) is 29.5 Å². The Hall–Kier alpha value is -4.34. The molecule has 1 aromatic rings. The first-order chi connectivity index (χ1) is 24.2. The van der Waals surface area contributed by atoms with Crippen molar-refractivity contribution in [3.63, 3.8) is 0 Å².